The molecule has 0 atom stereocenters. The fourth-order valence-electron chi connectivity index (χ4n) is 3.49. The van der Waals surface area contributed by atoms with Crippen molar-refractivity contribution >= 4 is 17.8 Å². The van der Waals surface area contributed by atoms with Crippen molar-refractivity contribution < 1.29 is 23.6 Å². The first-order valence-electron chi connectivity index (χ1n) is 10.6. The maximum absolute atomic E-state index is 12.5. The Balaban J connectivity index is 1.26. The number of carbonyl (C=O) groups excluding carboxylic acids is 2. The van der Waals surface area contributed by atoms with E-state index in [0.717, 1.165) is 11.3 Å². The van der Waals surface area contributed by atoms with Crippen molar-refractivity contribution in [2.24, 2.45) is 0 Å². The smallest absolute Gasteiger partial charge is 0.338 e. The van der Waals surface area contributed by atoms with Gasteiger partial charge in [0.2, 0.25) is 5.95 Å². The highest BCUT2D eigenvalue weighted by molar-refractivity contribution is 5.91. The van der Waals surface area contributed by atoms with Crippen molar-refractivity contribution in [3.05, 3.63) is 65.3 Å². The second-order valence-corrected chi connectivity index (χ2v) is 7.61. The molecule has 3 aromatic rings. The molecule has 1 aliphatic rings. The largest absolute Gasteiger partial charge is 0.489 e. The lowest BCUT2D eigenvalue weighted by molar-refractivity contribution is -0.134. The summed E-state index contributed by atoms with van der Waals surface area (Å²) < 4.78 is 16.2. The van der Waals surface area contributed by atoms with E-state index in [9.17, 15) is 9.59 Å². The zero-order chi connectivity index (χ0) is 23.2. The average Bonchev–Trinajstić information content (AvgIpc) is 3.18. The van der Waals surface area contributed by atoms with E-state index in [1.165, 1.54) is 0 Å². The Morgan fingerprint density at radius 1 is 1.06 bits per heavy atom. The summed E-state index contributed by atoms with van der Waals surface area (Å²) in [5.74, 6) is 1.03. The minimum Gasteiger partial charge on any atom is -0.489 e. The van der Waals surface area contributed by atoms with Crippen LogP contribution in [-0.2, 0) is 16.1 Å². The Morgan fingerprint density at radius 2 is 1.82 bits per heavy atom. The van der Waals surface area contributed by atoms with Crippen LogP contribution in [0.15, 0.2) is 47.2 Å². The summed E-state index contributed by atoms with van der Waals surface area (Å²) in [6.45, 7) is 5.89. The first-order valence-corrected chi connectivity index (χ1v) is 10.6. The van der Waals surface area contributed by atoms with Gasteiger partial charge in [0.25, 0.3) is 5.91 Å². The number of hydrogen-bond donors (Lipinski definition) is 0. The van der Waals surface area contributed by atoms with Crippen molar-refractivity contribution in [3.8, 4) is 5.75 Å². The van der Waals surface area contributed by atoms with Gasteiger partial charge >= 0.3 is 5.97 Å². The van der Waals surface area contributed by atoms with E-state index < -0.39 is 5.97 Å². The Hall–Kier alpha value is -3.95. The third-order valence-corrected chi connectivity index (χ3v) is 5.43. The van der Waals surface area contributed by atoms with Crippen LogP contribution in [-0.4, -0.2) is 64.7 Å². The van der Waals surface area contributed by atoms with Crippen LogP contribution in [0.4, 0.5) is 5.95 Å². The molecule has 1 fully saturated rings. The normalized spacial score (nSPS) is 13.6. The van der Waals surface area contributed by atoms with Gasteiger partial charge < -0.3 is 23.8 Å². The highest BCUT2D eigenvalue weighted by atomic mass is 16.5. The summed E-state index contributed by atoms with van der Waals surface area (Å²) in [5, 5.41) is 3.90. The predicted molar refractivity (Wildman–Crippen MR) is 118 cm³/mol. The molecule has 1 amide bonds. The molecule has 4 rings (SSSR count). The van der Waals surface area contributed by atoms with Gasteiger partial charge in [0.15, 0.2) is 6.61 Å². The van der Waals surface area contributed by atoms with Crippen molar-refractivity contribution in [2.75, 3.05) is 37.7 Å². The lowest BCUT2D eigenvalue weighted by atomic mass is 10.2. The zero-order valence-electron chi connectivity index (χ0n) is 18.6. The monoisotopic (exact) mass is 451 g/mol. The zero-order valence-corrected chi connectivity index (χ0v) is 18.6. The van der Waals surface area contributed by atoms with Gasteiger partial charge in [-0.05, 0) is 38.1 Å². The van der Waals surface area contributed by atoms with Crippen LogP contribution in [0.3, 0.4) is 0 Å². The van der Waals surface area contributed by atoms with Gasteiger partial charge in [-0.1, -0.05) is 11.2 Å². The molecule has 33 heavy (non-hydrogen) atoms. The van der Waals surface area contributed by atoms with Crippen LogP contribution in [0.1, 0.15) is 27.4 Å². The van der Waals surface area contributed by atoms with E-state index in [0.29, 0.717) is 49.2 Å². The summed E-state index contributed by atoms with van der Waals surface area (Å²) in [7, 11) is 0. The Kier molecular flexibility index (Phi) is 6.82. The van der Waals surface area contributed by atoms with Crippen molar-refractivity contribution in [1.29, 1.82) is 0 Å². The highest BCUT2D eigenvalue weighted by Gasteiger charge is 2.23. The molecule has 1 saturated heterocycles. The third-order valence-electron chi connectivity index (χ3n) is 5.43. The molecule has 0 N–H and O–H groups in total. The van der Waals surface area contributed by atoms with Gasteiger partial charge in [0.05, 0.1) is 16.8 Å². The number of benzene rings is 1. The molecule has 10 heteroatoms. The van der Waals surface area contributed by atoms with Gasteiger partial charge in [-0.15, -0.1) is 0 Å². The fourth-order valence-corrected chi connectivity index (χ4v) is 3.49. The standard InChI is InChI=1S/C23H25N5O5/c1-16-20(17(2)33-26-16)14-31-19-6-3-5-18(13-19)22(30)32-15-21(29)27-9-11-28(12-10-27)23-24-7-4-8-25-23/h3-8,13H,9-12,14-15H2,1-2H3. The number of amides is 1. The number of carbonyl (C=O) groups is 2. The van der Waals surface area contributed by atoms with Crippen molar-refractivity contribution in [2.45, 2.75) is 20.5 Å². The number of nitrogens with zero attached hydrogens (tertiary/aromatic N) is 5. The number of hydrogen-bond acceptors (Lipinski definition) is 9. The highest BCUT2D eigenvalue weighted by Crippen LogP contribution is 2.19. The van der Waals surface area contributed by atoms with E-state index in [2.05, 4.69) is 15.1 Å². The summed E-state index contributed by atoms with van der Waals surface area (Å²) >= 11 is 0. The van der Waals surface area contributed by atoms with Crippen LogP contribution >= 0.6 is 0 Å². The third kappa shape index (κ3) is 5.46. The minimum absolute atomic E-state index is 0.234. The van der Waals surface area contributed by atoms with Crippen LogP contribution < -0.4 is 9.64 Å². The van der Waals surface area contributed by atoms with Crippen LogP contribution in [0.5, 0.6) is 5.75 Å². The predicted octanol–water partition coefficient (Wildman–Crippen LogP) is 2.17. The second kappa shape index (κ2) is 10.1. The molecule has 0 unspecified atom stereocenters. The molecule has 2 aromatic heterocycles. The van der Waals surface area contributed by atoms with E-state index >= 15 is 0 Å². The summed E-state index contributed by atoms with van der Waals surface area (Å²) in [6.07, 6.45) is 3.38. The minimum atomic E-state index is -0.581. The molecule has 0 aliphatic carbocycles. The van der Waals surface area contributed by atoms with E-state index in [1.54, 1.807) is 47.6 Å². The number of esters is 1. The Labute approximate surface area is 191 Å². The Bertz CT molecular complexity index is 1090. The molecule has 1 aromatic carbocycles. The first-order chi connectivity index (χ1) is 16.0. The number of rotatable bonds is 7. The first kappa shape index (κ1) is 22.3. The molecule has 0 radical (unpaired) electrons. The topological polar surface area (TPSA) is 111 Å². The molecule has 172 valence electrons. The van der Waals surface area contributed by atoms with Gasteiger partial charge in [0.1, 0.15) is 18.1 Å². The lowest BCUT2D eigenvalue weighted by Gasteiger charge is -2.34. The molecule has 0 bridgehead atoms. The van der Waals surface area contributed by atoms with Gasteiger partial charge in [-0.2, -0.15) is 0 Å². The summed E-state index contributed by atoms with van der Waals surface area (Å²) in [4.78, 5) is 37.1. The second-order valence-electron chi connectivity index (χ2n) is 7.61. The van der Waals surface area contributed by atoms with Gasteiger partial charge in [-0.3, -0.25) is 4.79 Å². The maximum Gasteiger partial charge on any atom is 0.338 e. The molecule has 10 nitrogen and oxygen atoms in total. The Morgan fingerprint density at radius 3 is 2.52 bits per heavy atom. The molecule has 0 saturated carbocycles. The quantitative estimate of drug-likeness (QED) is 0.499. The van der Waals surface area contributed by atoms with E-state index in [1.807, 2.05) is 18.7 Å². The fraction of sp³-hybridized carbons (Fsp3) is 0.348. The summed E-state index contributed by atoms with van der Waals surface area (Å²) in [6, 6.07) is 8.41. The average molecular weight is 451 g/mol. The van der Waals surface area contributed by atoms with Crippen LogP contribution in [0.2, 0.25) is 0 Å². The molecule has 0 spiro atoms. The van der Waals surface area contributed by atoms with Gasteiger partial charge in [-0.25, -0.2) is 14.8 Å². The number of anilines is 1. The molecule has 3 heterocycles. The van der Waals surface area contributed by atoms with Crippen molar-refractivity contribution in [1.82, 2.24) is 20.0 Å². The summed E-state index contributed by atoms with van der Waals surface area (Å²) in [5.41, 5.74) is 1.94. The number of piperazine rings is 1. The SMILES string of the molecule is Cc1noc(C)c1COc1cccc(C(=O)OCC(=O)N2CCN(c3ncccn3)CC2)c1. The number of ether oxygens (including phenoxy) is 2. The van der Waals surface area contributed by atoms with Crippen LogP contribution in [0, 0.1) is 13.8 Å². The molecular weight excluding hydrogens is 426 g/mol. The maximum atomic E-state index is 12.5. The molecule has 1 aliphatic heterocycles. The lowest BCUT2D eigenvalue weighted by Crippen LogP contribution is -2.50. The molecular formula is C23H25N5O5. The van der Waals surface area contributed by atoms with Crippen molar-refractivity contribution in [3.63, 3.8) is 0 Å². The van der Waals surface area contributed by atoms with Gasteiger partial charge in [0, 0.05) is 38.6 Å². The number of aromatic nitrogens is 3. The van der Waals surface area contributed by atoms with E-state index in [4.69, 9.17) is 14.0 Å². The number of aryl methyl sites for hydroxylation is 2. The van der Waals surface area contributed by atoms with Crippen LogP contribution in [0.25, 0.3) is 0 Å². The van der Waals surface area contributed by atoms with E-state index in [-0.39, 0.29) is 19.1 Å².